The first-order chi connectivity index (χ1) is 14.0. The molecule has 3 rings (SSSR count). The van der Waals surface area contributed by atoms with E-state index in [1.54, 1.807) is 7.11 Å². The van der Waals surface area contributed by atoms with Crippen molar-refractivity contribution in [1.29, 1.82) is 0 Å². The van der Waals surface area contributed by atoms with Crippen LogP contribution in [0.2, 0.25) is 0 Å². The summed E-state index contributed by atoms with van der Waals surface area (Å²) in [6.07, 6.45) is 1.12. The number of benzene rings is 2. The summed E-state index contributed by atoms with van der Waals surface area (Å²) < 4.78 is 7.59. The van der Waals surface area contributed by atoms with E-state index in [9.17, 15) is 9.59 Å². The molecule has 1 amide bonds. The Bertz CT molecular complexity index is 1060. The molecule has 1 N–H and O–H groups in total. The molecule has 7 heteroatoms. The summed E-state index contributed by atoms with van der Waals surface area (Å²) in [5.41, 5.74) is 2.76. The zero-order valence-corrected chi connectivity index (χ0v) is 18.5. The molecule has 1 heterocycles. The molecule has 6 nitrogen and oxygen atoms in total. The Labute approximate surface area is 183 Å². The van der Waals surface area contributed by atoms with Crippen LogP contribution in [0.5, 0.6) is 5.75 Å². The van der Waals surface area contributed by atoms with E-state index >= 15 is 0 Å². The van der Waals surface area contributed by atoms with Gasteiger partial charge in [-0.1, -0.05) is 19.1 Å². The third-order valence-electron chi connectivity index (χ3n) is 4.41. The Morgan fingerprint density at radius 1 is 1.17 bits per heavy atom. The van der Waals surface area contributed by atoms with Crippen LogP contribution in [-0.4, -0.2) is 22.8 Å². The number of halogens is 1. The van der Waals surface area contributed by atoms with E-state index in [4.69, 9.17) is 4.74 Å². The lowest BCUT2D eigenvalue weighted by Gasteiger charge is -2.11. The van der Waals surface area contributed by atoms with Crippen LogP contribution < -0.4 is 15.6 Å². The Morgan fingerprint density at radius 2 is 1.93 bits per heavy atom. The second kappa shape index (κ2) is 9.69. The molecular weight excluding hydrogens is 481 g/mol. The number of aryl methyl sites for hydroxylation is 1. The fraction of sp³-hybridized carbons (Fsp3) is 0.227. The number of hydrogen-bond donors (Lipinski definition) is 1. The number of rotatable bonds is 7. The van der Waals surface area contributed by atoms with Crippen molar-refractivity contribution >= 4 is 34.2 Å². The van der Waals surface area contributed by atoms with E-state index in [1.165, 1.54) is 4.68 Å². The van der Waals surface area contributed by atoms with Crippen molar-refractivity contribution in [1.82, 2.24) is 9.78 Å². The quantitative estimate of drug-likeness (QED) is 0.500. The highest BCUT2D eigenvalue weighted by Crippen LogP contribution is 2.15. The van der Waals surface area contributed by atoms with Gasteiger partial charge in [-0.15, -0.1) is 0 Å². The van der Waals surface area contributed by atoms with Crippen LogP contribution in [0.15, 0.2) is 59.4 Å². The summed E-state index contributed by atoms with van der Waals surface area (Å²) in [7, 11) is 1.61. The van der Waals surface area contributed by atoms with Crippen LogP contribution in [0, 0.1) is 3.57 Å². The topological polar surface area (TPSA) is 73.2 Å². The van der Waals surface area contributed by atoms with Crippen molar-refractivity contribution in [3.8, 4) is 5.75 Å². The molecule has 1 aromatic heterocycles. The standard InChI is InChI=1S/C22H22IN3O3/c1-3-18-13-16(11-15-5-4-6-20(12-15)29-2)22(28)26(25-18)14-21(27)24-19-9-7-17(23)8-10-19/h4-10,12-13H,3,11,14H2,1-2H3,(H,24,27). The van der Waals surface area contributed by atoms with Crippen LogP contribution in [-0.2, 0) is 24.2 Å². The van der Waals surface area contributed by atoms with Gasteiger partial charge in [0.15, 0.2) is 0 Å². The number of ether oxygens (including phenoxy) is 1. The Kier molecular flexibility index (Phi) is 7.03. The van der Waals surface area contributed by atoms with Crippen LogP contribution in [0.4, 0.5) is 5.69 Å². The lowest BCUT2D eigenvalue weighted by Crippen LogP contribution is -2.32. The van der Waals surface area contributed by atoms with Crippen molar-refractivity contribution in [2.45, 2.75) is 26.3 Å². The summed E-state index contributed by atoms with van der Waals surface area (Å²) in [6, 6.07) is 16.9. The number of amides is 1. The summed E-state index contributed by atoms with van der Waals surface area (Å²) in [4.78, 5) is 25.4. The molecule has 0 aliphatic carbocycles. The van der Waals surface area contributed by atoms with Crippen molar-refractivity contribution in [3.05, 3.63) is 85.3 Å². The molecule has 0 radical (unpaired) electrons. The molecule has 29 heavy (non-hydrogen) atoms. The molecule has 0 saturated heterocycles. The first kappa shape index (κ1) is 21.0. The Hall–Kier alpha value is -2.68. The minimum absolute atomic E-state index is 0.135. The molecule has 150 valence electrons. The van der Waals surface area contributed by atoms with Crippen molar-refractivity contribution in [2.75, 3.05) is 12.4 Å². The van der Waals surface area contributed by atoms with Crippen LogP contribution in [0.3, 0.4) is 0 Å². The second-order valence-corrected chi connectivity index (χ2v) is 7.81. The zero-order valence-electron chi connectivity index (χ0n) is 16.3. The average Bonchev–Trinajstić information content (AvgIpc) is 2.72. The summed E-state index contributed by atoms with van der Waals surface area (Å²) in [6.45, 7) is 1.84. The molecule has 3 aromatic rings. The largest absolute Gasteiger partial charge is 0.497 e. The van der Waals surface area contributed by atoms with Crippen molar-refractivity contribution in [3.63, 3.8) is 0 Å². The number of anilines is 1. The zero-order chi connectivity index (χ0) is 20.8. The summed E-state index contributed by atoms with van der Waals surface area (Å²) >= 11 is 2.20. The summed E-state index contributed by atoms with van der Waals surface area (Å²) in [5.74, 6) is 0.450. The minimum Gasteiger partial charge on any atom is -0.497 e. The van der Waals surface area contributed by atoms with Gasteiger partial charge in [0.05, 0.1) is 12.8 Å². The Morgan fingerprint density at radius 3 is 2.62 bits per heavy atom. The second-order valence-electron chi connectivity index (χ2n) is 6.56. The lowest BCUT2D eigenvalue weighted by atomic mass is 10.1. The number of methoxy groups -OCH3 is 1. The highest BCUT2D eigenvalue weighted by Gasteiger charge is 2.12. The van der Waals surface area contributed by atoms with E-state index in [0.29, 0.717) is 24.1 Å². The number of nitrogens with zero attached hydrogens (tertiary/aromatic N) is 2. The fourth-order valence-electron chi connectivity index (χ4n) is 2.94. The number of aromatic nitrogens is 2. The van der Waals surface area contributed by atoms with Gasteiger partial charge >= 0.3 is 0 Å². The molecule has 0 atom stereocenters. The predicted octanol–water partition coefficient (Wildman–Crippen LogP) is 3.65. The van der Waals surface area contributed by atoms with Crippen LogP contribution in [0.25, 0.3) is 0 Å². The van der Waals surface area contributed by atoms with E-state index < -0.39 is 0 Å². The van der Waals surface area contributed by atoms with Gasteiger partial charge in [-0.05, 0) is 77.0 Å². The van der Waals surface area contributed by atoms with Crippen LogP contribution >= 0.6 is 22.6 Å². The minimum atomic E-state index is -0.290. The molecule has 0 spiro atoms. The van der Waals surface area contributed by atoms with Gasteiger partial charge in [0.2, 0.25) is 5.91 Å². The van der Waals surface area contributed by atoms with E-state index in [-0.39, 0.29) is 18.0 Å². The molecule has 2 aromatic carbocycles. The third kappa shape index (κ3) is 5.66. The van der Waals surface area contributed by atoms with Crippen molar-refractivity contribution < 1.29 is 9.53 Å². The van der Waals surface area contributed by atoms with Crippen molar-refractivity contribution in [2.24, 2.45) is 0 Å². The maximum atomic E-state index is 12.9. The number of carbonyl (C=O) groups excluding carboxylic acids is 1. The van der Waals surface area contributed by atoms with Gasteiger partial charge in [-0.3, -0.25) is 9.59 Å². The maximum absolute atomic E-state index is 12.9. The normalized spacial score (nSPS) is 10.6. The van der Waals surface area contributed by atoms with E-state index in [2.05, 4.69) is 33.0 Å². The predicted molar refractivity (Wildman–Crippen MR) is 121 cm³/mol. The molecule has 0 aliphatic heterocycles. The average molecular weight is 503 g/mol. The van der Waals surface area contributed by atoms with Gasteiger partial charge in [-0.25, -0.2) is 4.68 Å². The van der Waals surface area contributed by atoms with Gasteiger partial charge in [0, 0.05) is 21.2 Å². The van der Waals surface area contributed by atoms with Crippen LogP contribution in [0.1, 0.15) is 23.7 Å². The number of carbonyl (C=O) groups is 1. The molecule has 0 saturated carbocycles. The van der Waals surface area contributed by atoms with Gasteiger partial charge < -0.3 is 10.1 Å². The SMILES string of the molecule is CCc1cc(Cc2cccc(OC)c2)c(=O)n(CC(=O)Nc2ccc(I)cc2)n1. The highest BCUT2D eigenvalue weighted by molar-refractivity contribution is 14.1. The lowest BCUT2D eigenvalue weighted by molar-refractivity contribution is -0.117. The molecular formula is C22H22IN3O3. The molecule has 0 aliphatic rings. The van der Waals surface area contributed by atoms with Gasteiger partial charge in [0.25, 0.3) is 5.56 Å². The first-order valence-corrected chi connectivity index (χ1v) is 10.3. The van der Waals surface area contributed by atoms with Gasteiger partial charge in [-0.2, -0.15) is 5.10 Å². The van der Waals surface area contributed by atoms with E-state index in [1.807, 2.05) is 61.5 Å². The Balaban J connectivity index is 1.83. The van der Waals surface area contributed by atoms with E-state index in [0.717, 1.165) is 20.6 Å². The summed E-state index contributed by atoms with van der Waals surface area (Å²) in [5, 5.41) is 7.15. The van der Waals surface area contributed by atoms with Gasteiger partial charge in [0.1, 0.15) is 12.3 Å². The smallest absolute Gasteiger partial charge is 0.270 e. The fourth-order valence-corrected chi connectivity index (χ4v) is 3.30. The molecule has 0 unspecified atom stereocenters. The number of nitrogens with one attached hydrogen (secondary N) is 1. The molecule has 0 fully saturated rings. The maximum Gasteiger partial charge on any atom is 0.270 e. The third-order valence-corrected chi connectivity index (χ3v) is 5.13. The molecule has 0 bridgehead atoms. The number of hydrogen-bond acceptors (Lipinski definition) is 4. The monoisotopic (exact) mass is 503 g/mol. The first-order valence-electron chi connectivity index (χ1n) is 9.26. The highest BCUT2D eigenvalue weighted by atomic mass is 127.